The molecule has 110 valence electrons. The summed E-state index contributed by atoms with van der Waals surface area (Å²) < 4.78 is 17.7. The highest BCUT2D eigenvalue weighted by Gasteiger charge is 2.22. The van der Waals surface area contributed by atoms with Crippen LogP contribution in [0.1, 0.15) is 18.6 Å². The predicted octanol–water partition coefficient (Wildman–Crippen LogP) is 3.65. The van der Waals surface area contributed by atoms with Crippen molar-refractivity contribution in [3.63, 3.8) is 0 Å². The molecule has 3 rings (SSSR count). The van der Waals surface area contributed by atoms with E-state index in [0.29, 0.717) is 11.5 Å². The van der Waals surface area contributed by atoms with Crippen molar-refractivity contribution in [2.45, 2.75) is 19.1 Å². The highest BCUT2D eigenvalue weighted by atomic mass is 79.9. The van der Waals surface area contributed by atoms with E-state index < -0.39 is 0 Å². The monoisotopic (exact) mass is 349 g/mol. The lowest BCUT2D eigenvalue weighted by Gasteiger charge is -2.24. The predicted molar refractivity (Wildman–Crippen MR) is 83.7 cm³/mol. The maximum absolute atomic E-state index is 6.10. The molecule has 2 N–H and O–H groups in total. The zero-order chi connectivity index (χ0) is 14.8. The van der Waals surface area contributed by atoms with E-state index in [1.54, 1.807) is 0 Å². The van der Waals surface area contributed by atoms with E-state index in [0.717, 1.165) is 15.8 Å². The molecular weight excluding hydrogens is 334 g/mol. The van der Waals surface area contributed by atoms with Crippen molar-refractivity contribution in [3.05, 3.63) is 52.5 Å². The summed E-state index contributed by atoms with van der Waals surface area (Å²) in [5.41, 5.74) is 7.12. The number of hydrogen-bond donors (Lipinski definition) is 1. The van der Waals surface area contributed by atoms with Gasteiger partial charge in [0.05, 0.1) is 0 Å². The van der Waals surface area contributed by atoms with Crippen LogP contribution < -0.4 is 19.9 Å². The van der Waals surface area contributed by atoms with E-state index in [2.05, 4.69) is 15.9 Å². The Morgan fingerprint density at radius 2 is 1.90 bits per heavy atom. The first-order valence-corrected chi connectivity index (χ1v) is 7.51. The molecule has 0 aromatic heterocycles. The summed E-state index contributed by atoms with van der Waals surface area (Å²) in [6, 6.07) is 13.3. The van der Waals surface area contributed by atoms with Crippen LogP contribution >= 0.6 is 15.9 Å². The third-order valence-electron chi connectivity index (χ3n) is 3.30. The molecular formula is C16H16BrNO3. The average molecular weight is 350 g/mol. The molecule has 1 aliphatic rings. The summed E-state index contributed by atoms with van der Waals surface area (Å²) in [7, 11) is 0. The van der Waals surface area contributed by atoms with Gasteiger partial charge in [-0.2, -0.15) is 0 Å². The average Bonchev–Trinajstić information content (AvgIpc) is 2.93. The van der Waals surface area contributed by atoms with E-state index in [-0.39, 0.29) is 18.9 Å². The van der Waals surface area contributed by atoms with Crippen molar-refractivity contribution >= 4 is 15.9 Å². The van der Waals surface area contributed by atoms with Crippen LogP contribution in [-0.2, 0) is 0 Å². The van der Waals surface area contributed by atoms with Gasteiger partial charge < -0.3 is 19.9 Å². The Labute approximate surface area is 131 Å². The third kappa shape index (κ3) is 2.99. The van der Waals surface area contributed by atoms with Gasteiger partial charge in [0.2, 0.25) is 6.79 Å². The zero-order valence-corrected chi connectivity index (χ0v) is 13.2. The minimum Gasteiger partial charge on any atom is -0.484 e. The first-order valence-electron chi connectivity index (χ1n) is 6.71. The molecule has 0 radical (unpaired) electrons. The van der Waals surface area contributed by atoms with Gasteiger partial charge in [0.15, 0.2) is 11.5 Å². The fourth-order valence-corrected chi connectivity index (χ4v) is 2.77. The summed E-state index contributed by atoms with van der Waals surface area (Å²) in [6.07, 6.45) is -0.249. The maximum atomic E-state index is 6.10. The van der Waals surface area contributed by atoms with Gasteiger partial charge in [0.25, 0.3) is 0 Å². The quantitative estimate of drug-likeness (QED) is 0.915. The topological polar surface area (TPSA) is 53.7 Å². The number of halogens is 1. The van der Waals surface area contributed by atoms with Gasteiger partial charge in [0, 0.05) is 22.1 Å². The lowest BCUT2D eigenvalue weighted by Crippen LogP contribution is -2.29. The standard InChI is InChI=1S/C16H16BrNO3/c1-10(18)16(12-4-2-3-5-13(12)17)21-11-6-7-14-15(8-11)20-9-19-14/h2-8,10,16H,9,18H2,1H3. The molecule has 2 aromatic carbocycles. The molecule has 2 atom stereocenters. The van der Waals surface area contributed by atoms with Crippen molar-refractivity contribution in [1.82, 2.24) is 0 Å². The molecule has 2 unspecified atom stereocenters. The van der Waals surface area contributed by atoms with Crippen LogP contribution in [0, 0.1) is 0 Å². The van der Waals surface area contributed by atoms with E-state index in [4.69, 9.17) is 19.9 Å². The Kier molecular flexibility index (Phi) is 4.03. The van der Waals surface area contributed by atoms with Crippen LogP contribution in [0.3, 0.4) is 0 Å². The molecule has 0 fully saturated rings. The Balaban J connectivity index is 1.88. The Morgan fingerprint density at radius 3 is 2.67 bits per heavy atom. The molecule has 5 heteroatoms. The molecule has 2 aromatic rings. The maximum Gasteiger partial charge on any atom is 0.231 e. The fourth-order valence-electron chi connectivity index (χ4n) is 2.26. The largest absolute Gasteiger partial charge is 0.484 e. The minimum atomic E-state index is -0.249. The van der Waals surface area contributed by atoms with Gasteiger partial charge in [-0.25, -0.2) is 0 Å². The van der Waals surface area contributed by atoms with Crippen LogP contribution in [0.4, 0.5) is 0 Å². The number of benzene rings is 2. The molecule has 21 heavy (non-hydrogen) atoms. The van der Waals surface area contributed by atoms with Crippen molar-refractivity contribution in [2.75, 3.05) is 6.79 Å². The number of ether oxygens (including phenoxy) is 3. The number of rotatable bonds is 4. The van der Waals surface area contributed by atoms with Gasteiger partial charge in [0.1, 0.15) is 11.9 Å². The highest BCUT2D eigenvalue weighted by molar-refractivity contribution is 9.10. The van der Waals surface area contributed by atoms with Crippen LogP contribution in [0.2, 0.25) is 0 Å². The minimum absolute atomic E-state index is 0.158. The fraction of sp³-hybridized carbons (Fsp3) is 0.250. The van der Waals surface area contributed by atoms with Crippen molar-refractivity contribution in [2.24, 2.45) is 5.73 Å². The van der Waals surface area contributed by atoms with Gasteiger partial charge in [-0.1, -0.05) is 34.1 Å². The van der Waals surface area contributed by atoms with Gasteiger partial charge >= 0.3 is 0 Å². The second-order valence-corrected chi connectivity index (χ2v) is 5.79. The second kappa shape index (κ2) is 5.95. The third-order valence-corrected chi connectivity index (χ3v) is 4.02. The van der Waals surface area contributed by atoms with E-state index >= 15 is 0 Å². The summed E-state index contributed by atoms with van der Waals surface area (Å²) >= 11 is 3.55. The summed E-state index contributed by atoms with van der Waals surface area (Å²) in [6.45, 7) is 2.18. The molecule has 0 spiro atoms. The molecule has 4 nitrogen and oxygen atoms in total. The lowest BCUT2D eigenvalue weighted by molar-refractivity contribution is 0.171. The Hall–Kier alpha value is -1.72. The molecule has 0 bridgehead atoms. The molecule has 0 aliphatic carbocycles. The number of fused-ring (bicyclic) bond motifs is 1. The van der Waals surface area contributed by atoms with Gasteiger partial charge in [-0.15, -0.1) is 0 Å². The van der Waals surface area contributed by atoms with Crippen LogP contribution in [0.15, 0.2) is 46.9 Å². The van der Waals surface area contributed by atoms with Crippen molar-refractivity contribution < 1.29 is 14.2 Å². The summed E-state index contributed by atoms with van der Waals surface area (Å²) in [5, 5.41) is 0. The first kappa shape index (κ1) is 14.2. The number of hydrogen-bond acceptors (Lipinski definition) is 4. The van der Waals surface area contributed by atoms with E-state index in [1.807, 2.05) is 49.4 Å². The van der Waals surface area contributed by atoms with E-state index in [1.165, 1.54) is 0 Å². The van der Waals surface area contributed by atoms with E-state index in [9.17, 15) is 0 Å². The lowest BCUT2D eigenvalue weighted by atomic mass is 10.0. The van der Waals surface area contributed by atoms with Crippen LogP contribution in [-0.4, -0.2) is 12.8 Å². The smallest absolute Gasteiger partial charge is 0.231 e. The second-order valence-electron chi connectivity index (χ2n) is 4.93. The number of nitrogens with two attached hydrogens (primary N) is 1. The molecule has 0 saturated carbocycles. The normalized spacial score (nSPS) is 15.6. The summed E-state index contributed by atoms with van der Waals surface area (Å²) in [4.78, 5) is 0. The zero-order valence-electron chi connectivity index (χ0n) is 11.6. The highest BCUT2D eigenvalue weighted by Crippen LogP contribution is 2.37. The van der Waals surface area contributed by atoms with Crippen LogP contribution in [0.5, 0.6) is 17.2 Å². The Morgan fingerprint density at radius 1 is 1.14 bits per heavy atom. The first-order chi connectivity index (χ1) is 10.1. The molecule has 0 saturated heterocycles. The Bertz CT molecular complexity index is 645. The van der Waals surface area contributed by atoms with Crippen LogP contribution in [0.25, 0.3) is 0 Å². The van der Waals surface area contributed by atoms with Crippen molar-refractivity contribution in [3.8, 4) is 17.2 Å². The summed E-state index contributed by atoms with van der Waals surface area (Å²) in [5.74, 6) is 2.14. The SMILES string of the molecule is CC(N)C(Oc1ccc2c(c1)OCO2)c1ccccc1Br. The van der Waals surface area contributed by atoms with Gasteiger partial charge in [-0.05, 0) is 25.1 Å². The molecule has 1 heterocycles. The van der Waals surface area contributed by atoms with Gasteiger partial charge in [-0.3, -0.25) is 0 Å². The molecule has 1 aliphatic heterocycles. The molecule has 0 amide bonds. The van der Waals surface area contributed by atoms with Crippen molar-refractivity contribution in [1.29, 1.82) is 0 Å².